The van der Waals surface area contributed by atoms with Crippen LogP contribution < -0.4 is 10.6 Å². The van der Waals surface area contributed by atoms with Crippen molar-refractivity contribution in [3.63, 3.8) is 0 Å². The van der Waals surface area contributed by atoms with Gasteiger partial charge in [-0.2, -0.15) is 5.26 Å². The molecule has 2 aromatic rings. The van der Waals surface area contributed by atoms with Crippen LogP contribution in [0, 0.1) is 23.7 Å². The number of allylic oxidation sites excluding steroid dienone is 3. The Kier molecular flexibility index (Phi) is 5.34. The molecule has 2 aliphatic rings. The van der Waals surface area contributed by atoms with E-state index in [1.807, 2.05) is 6.07 Å². The highest BCUT2D eigenvalue weighted by atomic mass is 32.2. The maximum absolute atomic E-state index is 13.0. The second-order valence-corrected chi connectivity index (χ2v) is 8.62. The number of carbonyl (C=O) groups is 1. The predicted octanol–water partition coefficient (Wildman–Crippen LogP) is 2.96. The fourth-order valence-corrected chi connectivity index (χ4v) is 5.20. The number of nitriles is 1. The number of anilines is 1. The molecule has 4 rings (SSSR count). The van der Waals surface area contributed by atoms with Crippen LogP contribution in [0.5, 0.6) is 0 Å². The highest BCUT2D eigenvalue weighted by Crippen LogP contribution is 2.46. The Labute approximate surface area is 176 Å². The molecular weight excluding hydrogens is 404 g/mol. The normalized spacial score (nSPS) is 19.0. The maximum Gasteiger partial charge on any atom is 0.219 e. The van der Waals surface area contributed by atoms with Gasteiger partial charge in [0.05, 0.1) is 23.3 Å². The number of pyridine rings is 1. The van der Waals surface area contributed by atoms with Crippen molar-refractivity contribution in [2.24, 2.45) is 5.73 Å². The number of Topliss-reactive ketones (excluding diaryl/α,β-unsaturated/α-hetero) is 1. The zero-order valence-electron chi connectivity index (χ0n) is 15.3. The number of carbonyl (C=O) groups excluding carboxylic acids is 1. The van der Waals surface area contributed by atoms with Gasteiger partial charge in [-0.05, 0) is 24.5 Å². The number of ketones is 1. The highest BCUT2D eigenvalue weighted by Gasteiger charge is 2.41. The third-order valence-corrected chi connectivity index (χ3v) is 6.74. The van der Waals surface area contributed by atoms with Crippen LogP contribution in [-0.2, 0) is 4.79 Å². The van der Waals surface area contributed by atoms with Crippen molar-refractivity contribution in [1.29, 1.82) is 5.26 Å². The fourth-order valence-electron chi connectivity index (χ4n) is 3.64. The first kappa shape index (κ1) is 19.2. The third-order valence-electron chi connectivity index (χ3n) is 4.80. The lowest BCUT2D eigenvalue weighted by molar-refractivity contribution is -0.116. The predicted molar refractivity (Wildman–Crippen MR) is 112 cm³/mol. The van der Waals surface area contributed by atoms with Crippen molar-refractivity contribution in [3.05, 3.63) is 52.8 Å². The van der Waals surface area contributed by atoms with Crippen molar-refractivity contribution in [2.75, 3.05) is 10.7 Å². The molecule has 29 heavy (non-hydrogen) atoms. The Bertz CT molecular complexity index is 1110. The van der Waals surface area contributed by atoms with E-state index < -0.39 is 5.92 Å². The zero-order valence-corrected chi connectivity index (χ0v) is 17.0. The van der Waals surface area contributed by atoms with Gasteiger partial charge in [0.1, 0.15) is 5.82 Å². The minimum absolute atomic E-state index is 0.0248. The van der Waals surface area contributed by atoms with E-state index >= 15 is 0 Å². The molecule has 1 aliphatic carbocycles. The summed E-state index contributed by atoms with van der Waals surface area (Å²) in [4.78, 5) is 18.9. The number of aromatic nitrogens is 3. The average Bonchev–Trinajstić information content (AvgIpc) is 3.20. The van der Waals surface area contributed by atoms with Gasteiger partial charge in [-0.25, -0.2) is 0 Å². The Morgan fingerprint density at radius 2 is 2.28 bits per heavy atom. The summed E-state index contributed by atoms with van der Waals surface area (Å²) in [5.41, 5.74) is 8.95. The van der Waals surface area contributed by atoms with E-state index in [1.165, 1.54) is 23.1 Å². The number of thioether (sulfide) groups is 1. The lowest BCUT2D eigenvalue weighted by Gasteiger charge is -2.37. The molecule has 2 aromatic heterocycles. The summed E-state index contributed by atoms with van der Waals surface area (Å²) in [6.45, 7) is 0. The summed E-state index contributed by atoms with van der Waals surface area (Å²) in [5, 5.41) is 18.9. The van der Waals surface area contributed by atoms with Crippen LogP contribution in [-0.4, -0.2) is 26.7 Å². The van der Waals surface area contributed by atoms with Crippen LogP contribution >= 0.6 is 23.1 Å². The molecular formula is C20H16N6OS2. The lowest BCUT2D eigenvalue weighted by Crippen LogP contribution is -2.38. The summed E-state index contributed by atoms with van der Waals surface area (Å²) in [7, 11) is 0. The van der Waals surface area contributed by atoms with Crippen LogP contribution in [0.4, 0.5) is 5.13 Å². The molecule has 9 heteroatoms. The van der Waals surface area contributed by atoms with E-state index in [9.17, 15) is 10.1 Å². The van der Waals surface area contributed by atoms with Gasteiger partial charge >= 0.3 is 0 Å². The quantitative estimate of drug-likeness (QED) is 0.594. The van der Waals surface area contributed by atoms with Gasteiger partial charge in [0.2, 0.25) is 5.13 Å². The SMILES string of the molecule is C#CCSc1nnc(N2C(N)=C(C#N)C(c3cccnc3)C3=C2CCCC3=O)s1. The Morgan fingerprint density at radius 3 is 3.00 bits per heavy atom. The van der Waals surface area contributed by atoms with Gasteiger partial charge < -0.3 is 5.73 Å². The summed E-state index contributed by atoms with van der Waals surface area (Å²) < 4.78 is 0.711. The first-order valence-electron chi connectivity index (χ1n) is 8.91. The summed E-state index contributed by atoms with van der Waals surface area (Å²) in [6, 6.07) is 5.88. The number of rotatable bonds is 4. The van der Waals surface area contributed by atoms with Gasteiger partial charge in [0.15, 0.2) is 10.1 Å². The molecule has 0 aromatic carbocycles. The molecule has 0 fully saturated rings. The first-order valence-corrected chi connectivity index (χ1v) is 10.7. The van der Waals surface area contributed by atoms with Crippen LogP contribution in [0.1, 0.15) is 30.7 Å². The lowest BCUT2D eigenvalue weighted by atomic mass is 9.76. The van der Waals surface area contributed by atoms with Crippen molar-refractivity contribution in [3.8, 4) is 18.4 Å². The molecule has 0 saturated heterocycles. The summed E-state index contributed by atoms with van der Waals surface area (Å²) in [5.74, 6) is 2.83. The van der Waals surface area contributed by atoms with Gasteiger partial charge in [-0.1, -0.05) is 35.1 Å². The number of nitrogens with two attached hydrogens (primary N) is 1. The second kappa shape index (κ2) is 8.08. The standard InChI is InChI=1S/C20H16N6OS2/c1-2-9-28-20-25-24-19(29-20)26-14-6-3-7-15(27)17(14)16(13(10-21)18(26)22)12-5-4-8-23-11-12/h1,4-5,8,11,16H,3,6-7,9,22H2. The van der Waals surface area contributed by atoms with Crippen LogP contribution in [0.3, 0.4) is 0 Å². The molecule has 0 radical (unpaired) electrons. The fraction of sp³-hybridized carbons (Fsp3) is 0.250. The Morgan fingerprint density at radius 1 is 1.41 bits per heavy atom. The molecule has 0 bridgehead atoms. The van der Waals surface area contributed by atoms with E-state index in [0.29, 0.717) is 39.2 Å². The first-order chi connectivity index (χ1) is 14.2. The van der Waals surface area contributed by atoms with Crippen LogP contribution in [0.15, 0.2) is 51.5 Å². The van der Waals surface area contributed by atoms with Crippen LogP contribution in [0.25, 0.3) is 0 Å². The Hall–Kier alpha value is -3.14. The minimum Gasteiger partial charge on any atom is -0.384 e. The van der Waals surface area contributed by atoms with E-state index in [0.717, 1.165) is 17.7 Å². The van der Waals surface area contributed by atoms with Gasteiger partial charge in [-0.15, -0.1) is 16.6 Å². The highest BCUT2D eigenvalue weighted by molar-refractivity contribution is 8.01. The van der Waals surface area contributed by atoms with Crippen molar-refractivity contribution in [1.82, 2.24) is 15.2 Å². The summed E-state index contributed by atoms with van der Waals surface area (Å²) >= 11 is 2.75. The molecule has 2 N–H and O–H groups in total. The zero-order chi connectivity index (χ0) is 20.4. The van der Waals surface area contributed by atoms with E-state index in [1.54, 1.807) is 23.4 Å². The molecule has 1 aliphatic heterocycles. The second-order valence-electron chi connectivity index (χ2n) is 6.45. The maximum atomic E-state index is 13.0. The molecule has 3 heterocycles. The molecule has 144 valence electrons. The van der Waals surface area contributed by atoms with E-state index in [-0.39, 0.29) is 11.6 Å². The molecule has 1 atom stereocenters. The topological polar surface area (TPSA) is 109 Å². The number of terminal acetylenes is 1. The minimum atomic E-state index is -0.518. The van der Waals surface area contributed by atoms with Gasteiger partial charge in [-0.3, -0.25) is 14.7 Å². The van der Waals surface area contributed by atoms with E-state index in [4.69, 9.17) is 12.2 Å². The largest absolute Gasteiger partial charge is 0.384 e. The van der Waals surface area contributed by atoms with Crippen molar-refractivity contribution in [2.45, 2.75) is 29.5 Å². The molecule has 0 spiro atoms. The number of hydrogen-bond donors (Lipinski definition) is 1. The Balaban J connectivity index is 1.87. The number of hydrogen-bond acceptors (Lipinski definition) is 9. The van der Waals surface area contributed by atoms with Crippen molar-refractivity contribution < 1.29 is 4.79 Å². The van der Waals surface area contributed by atoms with Gasteiger partial charge in [0, 0.05) is 30.1 Å². The summed E-state index contributed by atoms with van der Waals surface area (Å²) in [6.07, 6.45) is 10.5. The molecule has 0 saturated carbocycles. The molecule has 0 amide bonds. The molecule has 7 nitrogen and oxygen atoms in total. The molecule has 1 unspecified atom stereocenters. The van der Waals surface area contributed by atoms with E-state index in [2.05, 4.69) is 27.2 Å². The monoisotopic (exact) mass is 420 g/mol. The third kappa shape index (κ3) is 3.39. The average molecular weight is 421 g/mol. The van der Waals surface area contributed by atoms with Gasteiger partial charge in [0.25, 0.3) is 0 Å². The smallest absolute Gasteiger partial charge is 0.219 e. The number of nitrogens with zero attached hydrogens (tertiary/aromatic N) is 5. The van der Waals surface area contributed by atoms with Crippen LogP contribution in [0.2, 0.25) is 0 Å². The van der Waals surface area contributed by atoms with Crippen molar-refractivity contribution >= 4 is 34.0 Å².